The van der Waals surface area contributed by atoms with Gasteiger partial charge in [-0.05, 0) is 72.6 Å². The standard InChI is InChI=1S/C43H68Si/c1-8-11-12-13-14-15-16-17-18-19-20-21-22-23-24-28-31-44(41-29-26-25-27-30-41,43-37(6)35(4)36(5)38(43)7)42-33-39(9-2)32-40(10-3)34-42/h25-27,29-30,32-34,37H,8-24,28,31H2,1-7H3. The van der Waals surface area contributed by atoms with Crippen LogP contribution in [0.15, 0.2) is 70.4 Å². The summed E-state index contributed by atoms with van der Waals surface area (Å²) in [5.41, 5.74) is 7.78. The minimum atomic E-state index is -2.19. The topological polar surface area (TPSA) is 0 Å². The molecule has 0 spiro atoms. The Morgan fingerprint density at radius 1 is 0.523 bits per heavy atom. The normalized spacial score (nSPS) is 16.7. The molecule has 44 heavy (non-hydrogen) atoms. The van der Waals surface area contributed by atoms with E-state index < -0.39 is 8.07 Å². The van der Waals surface area contributed by atoms with E-state index in [-0.39, 0.29) is 0 Å². The van der Waals surface area contributed by atoms with Crippen LogP contribution in [0, 0.1) is 5.92 Å². The molecule has 2 unspecified atom stereocenters. The summed E-state index contributed by atoms with van der Waals surface area (Å²) in [6.45, 7) is 16.7. The number of unbranched alkanes of at least 4 members (excludes halogenated alkanes) is 15. The van der Waals surface area contributed by atoms with E-state index in [0.29, 0.717) is 5.92 Å². The van der Waals surface area contributed by atoms with Crippen LogP contribution < -0.4 is 10.4 Å². The molecule has 0 saturated carbocycles. The maximum atomic E-state index is 2.63. The lowest BCUT2D eigenvalue weighted by atomic mass is 10.0. The second-order valence-electron chi connectivity index (χ2n) is 14.1. The number of benzene rings is 2. The van der Waals surface area contributed by atoms with E-state index >= 15 is 0 Å². The highest BCUT2D eigenvalue weighted by molar-refractivity contribution is 7.07. The monoisotopic (exact) mass is 613 g/mol. The van der Waals surface area contributed by atoms with Crippen molar-refractivity contribution in [2.75, 3.05) is 0 Å². The molecular formula is C43H68Si. The second-order valence-corrected chi connectivity index (χ2v) is 18.1. The number of aryl methyl sites for hydroxylation is 2. The van der Waals surface area contributed by atoms with Gasteiger partial charge < -0.3 is 0 Å². The minimum absolute atomic E-state index is 0.540. The van der Waals surface area contributed by atoms with Gasteiger partial charge in [0.15, 0.2) is 0 Å². The lowest BCUT2D eigenvalue weighted by Crippen LogP contribution is -2.61. The van der Waals surface area contributed by atoms with Gasteiger partial charge in [-0.25, -0.2) is 0 Å². The van der Waals surface area contributed by atoms with E-state index in [1.807, 2.05) is 0 Å². The van der Waals surface area contributed by atoms with Gasteiger partial charge in [0, 0.05) is 0 Å². The molecule has 0 saturated heterocycles. The zero-order chi connectivity index (χ0) is 31.8. The summed E-state index contributed by atoms with van der Waals surface area (Å²) < 4.78 is 0. The summed E-state index contributed by atoms with van der Waals surface area (Å²) in [6.07, 6.45) is 25.1. The Kier molecular flexibility index (Phi) is 16.3. The average Bonchev–Trinajstić information content (AvgIpc) is 3.25. The van der Waals surface area contributed by atoms with Gasteiger partial charge in [-0.15, -0.1) is 0 Å². The molecule has 2 aromatic rings. The van der Waals surface area contributed by atoms with Crippen LogP contribution in [0.5, 0.6) is 0 Å². The first-order valence-corrected chi connectivity index (χ1v) is 21.2. The molecule has 0 amide bonds. The summed E-state index contributed by atoms with van der Waals surface area (Å²) in [4.78, 5) is 0. The van der Waals surface area contributed by atoms with Crippen molar-refractivity contribution in [2.24, 2.45) is 5.92 Å². The molecule has 0 fully saturated rings. The SMILES string of the molecule is CCCCCCCCCCCCCCCCCC[Si](C1=C(C)C(C)=C(C)C1C)(c1ccccc1)c1cc(CC)cc(CC)c1. The Labute approximate surface area is 275 Å². The van der Waals surface area contributed by atoms with Crippen LogP contribution in [0.1, 0.15) is 162 Å². The Hall–Kier alpha value is -1.86. The predicted octanol–water partition coefficient (Wildman–Crippen LogP) is 12.5. The van der Waals surface area contributed by atoms with Crippen LogP contribution in [0.4, 0.5) is 0 Å². The van der Waals surface area contributed by atoms with Crippen molar-refractivity contribution in [2.45, 2.75) is 170 Å². The van der Waals surface area contributed by atoms with Gasteiger partial charge in [0.25, 0.3) is 0 Å². The van der Waals surface area contributed by atoms with Crippen molar-refractivity contribution < 1.29 is 0 Å². The van der Waals surface area contributed by atoms with E-state index in [9.17, 15) is 0 Å². The highest BCUT2D eigenvalue weighted by Crippen LogP contribution is 2.43. The first kappa shape index (κ1) is 36.6. The molecule has 1 heteroatoms. The third-order valence-electron chi connectivity index (χ3n) is 11.1. The summed E-state index contributed by atoms with van der Waals surface area (Å²) in [5.74, 6) is 0.540. The zero-order valence-electron chi connectivity index (χ0n) is 30.1. The lowest BCUT2D eigenvalue weighted by Gasteiger charge is -2.39. The third kappa shape index (κ3) is 9.82. The van der Waals surface area contributed by atoms with Crippen molar-refractivity contribution >= 4 is 18.4 Å². The Morgan fingerprint density at radius 2 is 0.977 bits per heavy atom. The molecule has 1 aliphatic carbocycles. The van der Waals surface area contributed by atoms with E-state index in [1.54, 1.807) is 32.3 Å². The van der Waals surface area contributed by atoms with Gasteiger partial charge in [0.1, 0.15) is 8.07 Å². The molecular weight excluding hydrogens is 545 g/mol. The quantitative estimate of drug-likeness (QED) is 0.0916. The second kappa shape index (κ2) is 19.6. The van der Waals surface area contributed by atoms with E-state index in [2.05, 4.69) is 97.0 Å². The first-order valence-electron chi connectivity index (χ1n) is 19.0. The Morgan fingerprint density at radius 3 is 1.39 bits per heavy atom. The molecule has 3 rings (SSSR count). The number of allylic oxidation sites excluding steroid dienone is 4. The number of rotatable bonds is 22. The molecule has 0 N–H and O–H groups in total. The predicted molar refractivity (Wildman–Crippen MR) is 201 cm³/mol. The zero-order valence-corrected chi connectivity index (χ0v) is 31.1. The molecule has 0 heterocycles. The average molecular weight is 613 g/mol. The fourth-order valence-electron chi connectivity index (χ4n) is 8.03. The van der Waals surface area contributed by atoms with Crippen molar-refractivity contribution in [3.63, 3.8) is 0 Å². The van der Waals surface area contributed by atoms with E-state index in [4.69, 9.17) is 0 Å². The highest BCUT2D eigenvalue weighted by Gasteiger charge is 2.46. The molecule has 2 aromatic carbocycles. The van der Waals surface area contributed by atoms with Gasteiger partial charge in [-0.3, -0.25) is 0 Å². The van der Waals surface area contributed by atoms with Crippen LogP contribution in [-0.4, -0.2) is 8.07 Å². The summed E-state index contributed by atoms with van der Waals surface area (Å²) in [7, 11) is -2.19. The fourth-order valence-corrected chi connectivity index (χ4v) is 14.0. The van der Waals surface area contributed by atoms with Crippen LogP contribution in [-0.2, 0) is 12.8 Å². The highest BCUT2D eigenvalue weighted by atomic mass is 28.3. The van der Waals surface area contributed by atoms with E-state index in [0.717, 1.165) is 12.8 Å². The number of hydrogen-bond acceptors (Lipinski definition) is 0. The Bertz CT molecular complexity index is 1150. The van der Waals surface area contributed by atoms with Crippen molar-refractivity contribution in [1.29, 1.82) is 0 Å². The summed E-state index contributed by atoms with van der Waals surface area (Å²) in [5, 5.41) is 5.10. The minimum Gasteiger partial charge on any atom is -0.0654 e. The van der Waals surface area contributed by atoms with Gasteiger partial charge in [0.05, 0.1) is 0 Å². The lowest BCUT2D eigenvalue weighted by molar-refractivity contribution is 0.531. The van der Waals surface area contributed by atoms with Crippen molar-refractivity contribution in [3.8, 4) is 0 Å². The maximum absolute atomic E-state index is 2.63. The first-order chi connectivity index (χ1) is 21.4. The van der Waals surface area contributed by atoms with E-state index in [1.165, 1.54) is 120 Å². The van der Waals surface area contributed by atoms with Gasteiger partial charge in [-0.1, -0.05) is 195 Å². The molecule has 2 atom stereocenters. The molecule has 244 valence electrons. The molecule has 0 nitrogen and oxygen atoms in total. The van der Waals surface area contributed by atoms with Crippen LogP contribution in [0.25, 0.3) is 0 Å². The summed E-state index contributed by atoms with van der Waals surface area (Å²) in [6, 6.07) is 20.8. The Balaban J connectivity index is 1.65. The fraction of sp³-hybridized carbons (Fsp3) is 0.628. The summed E-state index contributed by atoms with van der Waals surface area (Å²) >= 11 is 0. The largest absolute Gasteiger partial charge is 0.145 e. The third-order valence-corrected chi connectivity index (χ3v) is 16.6. The maximum Gasteiger partial charge on any atom is 0.145 e. The van der Waals surface area contributed by atoms with Crippen molar-refractivity contribution in [1.82, 2.24) is 0 Å². The smallest absolute Gasteiger partial charge is 0.0654 e. The molecule has 0 bridgehead atoms. The molecule has 1 aliphatic rings. The molecule has 0 aromatic heterocycles. The van der Waals surface area contributed by atoms with Gasteiger partial charge in [-0.2, -0.15) is 0 Å². The number of hydrogen-bond donors (Lipinski definition) is 0. The van der Waals surface area contributed by atoms with Crippen molar-refractivity contribution in [3.05, 3.63) is 81.6 Å². The van der Waals surface area contributed by atoms with Crippen LogP contribution in [0.3, 0.4) is 0 Å². The van der Waals surface area contributed by atoms with Gasteiger partial charge >= 0.3 is 0 Å². The van der Waals surface area contributed by atoms with Crippen LogP contribution in [0.2, 0.25) is 6.04 Å². The van der Waals surface area contributed by atoms with Crippen LogP contribution >= 0.6 is 0 Å². The van der Waals surface area contributed by atoms with Gasteiger partial charge in [0.2, 0.25) is 0 Å². The molecule has 0 radical (unpaired) electrons. The molecule has 0 aliphatic heterocycles.